The lowest BCUT2D eigenvalue weighted by molar-refractivity contribution is 0.264. The van der Waals surface area contributed by atoms with Crippen molar-refractivity contribution in [3.05, 3.63) is 29.8 Å². The quantitative estimate of drug-likeness (QED) is 0.795. The van der Waals surface area contributed by atoms with E-state index < -0.39 is 10.0 Å². The predicted octanol–water partition coefficient (Wildman–Crippen LogP) is 2.54. The summed E-state index contributed by atoms with van der Waals surface area (Å²) >= 11 is 5.41. The molecule has 1 aromatic rings. The fourth-order valence-electron chi connectivity index (χ4n) is 2.98. The van der Waals surface area contributed by atoms with Gasteiger partial charge in [0.05, 0.1) is 4.90 Å². The maximum atomic E-state index is 12.9. The smallest absolute Gasteiger partial charge is 0.243 e. The molecule has 1 atom stereocenters. The molecule has 1 saturated carbocycles. The van der Waals surface area contributed by atoms with E-state index in [9.17, 15) is 8.42 Å². The maximum absolute atomic E-state index is 12.9. The molecule has 0 bridgehead atoms. The summed E-state index contributed by atoms with van der Waals surface area (Å²) in [5, 5.41) is 4.08. The van der Waals surface area contributed by atoms with Crippen LogP contribution in [0.25, 0.3) is 0 Å². The molecule has 0 amide bonds. The Hall–Kier alpha value is -1.18. The molecule has 1 aliphatic heterocycles. The van der Waals surface area contributed by atoms with E-state index >= 15 is 0 Å². The molecule has 1 aliphatic carbocycles. The van der Waals surface area contributed by atoms with Crippen LogP contribution in [-0.2, 0) is 10.0 Å². The van der Waals surface area contributed by atoms with Gasteiger partial charge >= 0.3 is 0 Å². The molecule has 0 radical (unpaired) electrons. The number of sulfonamides is 1. The minimum absolute atomic E-state index is 0.381. The first-order chi connectivity index (χ1) is 11.9. The van der Waals surface area contributed by atoms with E-state index in [-0.39, 0.29) is 0 Å². The Kier molecular flexibility index (Phi) is 5.65. The van der Waals surface area contributed by atoms with Crippen LogP contribution in [0.15, 0.2) is 29.2 Å². The van der Waals surface area contributed by atoms with Crippen molar-refractivity contribution in [2.45, 2.75) is 50.0 Å². The second kappa shape index (κ2) is 7.60. The van der Waals surface area contributed by atoms with Crippen molar-refractivity contribution < 1.29 is 8.42 Å². The Labute approximate surface area is 156 Å². The summed E-state index contributed by atoms with van der Waals surface area (Å²) in [4.78, 5) is 2.46. The second-order valence-corrected chi connectivity index (χ2v) is 9.32. The SMILES string of the molecule is CCC(C)c1ccc(S(=O)(=O)N2CCN(C(=S)NC3CC3)CC2)cc1. The molecule has 2 aliphatic rings. The van der Waals surface area contributed by atoms with Gasteiger partial charge in [-0.15, -0.1) is 0 Å². The van der Waals surface area contributed by atoms with Gasteiger partial charge in [-0.1, -0.05) is 26.0 Å². The highest BCUT2D eigenvalue weighted by molar-refractivity contribution is 7.89. The lowest BCUT2D eigenvalue weighted by Crippen LogP contribution is -2.53. The molecule has 7 heteroatoms. The van der Waals surface area contributed by atoms with Gasteiger partial charge in [0.25, 0.3) is 0 Å². The van der Waals surface area contributed by atoms with Gasteiger partial charge in [-0.2, -0.15) is 4.31 Å². The third-order valence-corrected chi connectivity index (χ3v) is 7.42. The van der Waals surface area contributed by atoms with E-state index in [4.69, 9.17) is 12.2 Å². The van der Waals surface area contributed by atoms with Crippen molar-refractivity contribution in [3.63, 3.8) is 0 Å². The lowest BCUT2D eigenvalue weighted by atomic mass is 9.99. The van der Waals surface area contributed by atoms with Gasteiger partial charge in [-0.3, -0.25) is 0 Å². The molecule has 1 unspecified atom stereocenters. The van der Waals surface area contributed by atoms with E-state index in [0.29, 0.717) is 43.0 Å². The van der Waals surface area contributed by atoms with Gasteiger partial charge in [0.1, 0.15) is 0 Å². The minimum atomic E-state index is -3.43. The third-order valence-electron chi connectivity index (χ3n) is 5.13. The van der Waals surface area contributed by atoms with Crippen molar-refractivity contribution in [1.82, 2.24) is 14.5 Å². The van der Waals surface area contributed by atoms with Crippen LogP contribution in [0.3, 0.4) is 0 Å². The van der Waals surface area contributed by atoms with E-state index in [2.05, 4.69) is 24.1 Å². The van der Waals surface area contributed by atoms with Gasteiger partial charge in [0.15, 0.2) is 5.11 Å². The van der Waals surface area contributed by atoms with E-state index in [1.54, 1.807) is 16.4 Å². The van der Waals surface area contributed by atoms with Crippen LogP contribution >= 0.6 is 12.2 Å². The Bertz CT molecular complexity index is 706. The number of nitrogens with zero attached hydrogens (tertiary/aromatic N) is 2. The van der Waals surface area contributed by atoms with E-state index in [1.807, 2.05) is 12.1 Å². The van der Waals surface area contributed by atoms with Crippen LogP contribution in [0, 0.1) is 0 Å². The summed E-state index contributed by atoms with van der Waals surface area (Å²) < 4.78 is 27.3. The van der Waals surface area contributed by atoms with Gasteiger partial charge in [-0.05, 0) is 55.1 Å². The van der Waals surface area contributed by atoms with Crippen molar-refractivity contribution in [1.29, 1.82) is 0 Å². The zero-order valence-corrected chi connectivity index (χ0v) is 16.6. The molecular weight excluding hydrogens is 354 g/mol. The second-order valence-electron chi connectivity index (χ2n) is 6.99. The predicted molar refractivity (Wildman–Crippen MR) is 104 cm³/mol. The molecule has 1 heterocycles. The van der Waals surface area contributed by atoms with Crippen molar-refractivity contribution in [3.8, 4) is 0 Å². The first-order valence-corrected chi connectivity index (χ1v) is 10.9. The van der Waals surface area contributed by atoms with Crippen LogP contribution in [0.4, 0.5) is 0 Å². The van der Waals surface area contributed by atoms with Crippen molar-refractivity contribution in [2.75, 3.05) is 26.2 Å². The molecule has 1 N–H and O–H groups in total. The summed E-state index contributed by atoms with van der Waals surface area (Å²) in [5.41, 5.74) is 1.18. The molecule has 3 rings (SSSR count). The average Bonchev–Trinajstić information content (AvgIpc) is 3.45. The first-order valence-electron chi connectivity index (χ1n) is 9.07. The zero-order chi connectivity index (χ0) is 18.0. The van der Waals surface area contributed by atoms with Gasteiger partial charge in [-0.25, -0.2) is 8.42 Å². The van der Waals surface area contributed by atoms with Crippen molar-refractivity contribution >= 4 is 27.4 Å². The largest absolute Gasteiger partial charge is 0.360 e. The monoisotopic (exact) mass is 381 g/mol. The van der Waals surface area contributed by atoms with Gasteiger partial charge in [0.2, 0.25) is 10.0 Å². The van der Waals surface area contributed by atoms with Gasteiger partial charge < -0.3 is 10.2 Å². The van der Waals surface area contributed by atoms with Crippen LogP contribution in [-0.4, -0.2) is 55.0 Å². The summed E-state index contributed by atoms with van der Waals surface area (Å²) in [6, 6.07) is 7.88. The number of nitrogens with one attached hydrogen (secondary N) is 1. The van der Waals surface area contributed by atoms with Crippen molar-refractivity contribution in [2.24, 2.45) is 0 Å². The molecule has 0 spiro atoms. The summed E-state index contributed by atoms with van der Waals surface area (Å²) in [6.07, 6.45) is 3.41. The van der Waals surface area contributed by atoms with Crippen LogP contribution in [0.5, 0.6) is 0 Å². The number of hydrogen-bond acceptors (Lipinski definition) is 3. The fourth-order valence-corrected chi connectivity index (χ4v) is 4.75. The number of piperazine rings is 1. The molecule has 0 aromatic heterocycles. The lowest BCUT2D eigenvalue weighted by Gasteiger charge is -2.35. The Balaban J connectivity index is 1.62. The third kappa shape index (κ3) is 4.33. The standard InChI is InChI=1S/C18H27N3O2S2/c1-3-14(2)15-4-8-17(9-5-15)25(22,23)21-12-10-20(11-13-21)18(24)19-16-6-7-16/h4-5,8-9,14,16H,3,6-7,10-13H2,1-2H3,(H,19,24). The molecule has 1 saturated heterocycles. The molecule has 1 aromatic carbocycles. The Morgan fingerprint density at radius 1 is 1.20 bits per heavy atom. The number of rotatable bonds is 5. The van der Waals surface area contributed by atoms with E-state index in [0.717, 1.165) is 11.5 Å². The Morgan fingerprint density at radius 3 is 2.32 bits per heavy atom. The molecule has 2 fully saturated rings. The fraction of sp³-hybridized carbons (Fsp3) is 0.611. The highest BCUT2D eigenvalue weighted by Gasteiger charge is 2.30. The average molecular weight is 382 g/mol. The molecular formula is C18H27N3O2S2. The maximum Gasteiger partial charge on any atom is 0.243 e. The zero-order valence-electron chi connectivity index (χ0n) is 14.9. The van der Waals surface area contributed by atoms with Crippen LogP contribution < -0.4 is 5.32 Å². The number of hydrogen-bond donors (Lipinski definition) is 1. The summed E-state index contributed by atoms with van der Waals surface area (Å²) in [7, 11) is -3.43. The van der Waals surface area contributed by atoms with Crippen LogP contribution in [0.1, 0.15) is 44.6 Å². The topological polar surface area (TPSA) is 52.7 Å². The van der Waals surface area contributed by atoms with Crippen LogP contribution in [0.2, 0.25) is 0 Å². The van der Waals surface area contributed by atoms with Gasteiger partial charge in [0, 0.05) is 32.2 Å². The highest BCUT2D eigenvalue weighted by Crippen LogP contribution is 2.23. The summed E-state index contributed by atoms with van der Waals surface area (Å²) in [6.45, 7) is 6.52. The number of benzene rings is 1. The normalized spacial score (nSPS) is 20.3. The molecule has 138 valence electrons. The molecule has 25 heavy (non-hydrogen) atoms. The summed E-state index contributed by atoms with van der Waals surface area (Å²) in [5.74, 6) is 0.445. The van der Waals surface area contributed by atoms with E-state index in [1.165, 1.54) is 18.4 Å². The first kappa shape index (κ1) is 18.6. The highest BCUT2D eigenvalue weighted by atomic mass is 32.2. The Morgan fingerprint density at radius 2 is 1.80 bits per heavy atom. The minimum Gasteiger partial charge on any atom is -0.360 e. The number of thiocarbonyl (C=S) groups is 1. The molecule has 5 nitrogen and oxygen atoms in total.